The number of nitrogens with zero attached hydrogens (tertiary/aromatic N) is 2. The van der Waals surface area contributed by atoms with Crippen molar-refractivity contribution in [2.75, 3.05) is 0 Å². The highest BCUT2D eigenvalue weighted by molar-refractivity contribution is 6.15. The quantitative estimate of drug-likeness (QED) is 0.184. The SMILES string of the molecule is C1=CC2=CC3=C(C4=CCCC=C4)c4ccccc4C(c4ccc5c(c4)c4ccccc4n4c6ccccc6nc54)=C(C3)CC2C=C1. The summed E-state index contributed by atoms with van der Waals surface area (Å²) in [6, 6.07) is 33.6. The molecule has 2 heterocycles. The molecule has 0 radical (unpaired) electrons. The third-order valence-electron chi connectivity index (χ3n) is 10.4. The van der Waals surface area contributed by atoms with Gasteiger partial charge < -0.3 is 0 Å². The molecular weight excluding hydrogens is 556 g/mol. The van der Waals surface area contributed by atoms with Crippen molar-refractivity contribution in [3.63, 3.8) is 0 Å². The fourth-order valence-corrected chi connectivity index (χ4v) is 8.36. The molecule has 1 unspecified atom stereocenters. The van der Waals surface area contributed by atoms with Gasteiger partial charge in [0.25, 0.3) is 0 Å². The summed E-state index contributed by atoms with van der Waals surface area (Å²) in [4.78, 5) is 5.17. The van der Waals surface area contributed by atoms with Crippen molar-refractivity contribution in [3.05, 3.63) is 179 Å². The van der Waals surface area contributed by atoms with Gasteiger partial charge in [-0.25, -0.2) is 4.98 Å². The van der Waals surface area contributed by atoms with E-state index in [-0.39, 0.29) is 0 Å². The number of pyridine rings is 1. The first kappa shape index (κ1) is 25.8. The topological polar surface area (TPSA) is 17.3 Å². The molecule has 46 heavy (non-hydrogen) atoms. The van der Waals surface area contributed by atoms with Crippen LogP contribution in [0.15, 0.2) is 162 Å². The lowest BCUT2D eigenvalue weighted by Crippen LogP contribution is -2.05. The summed E-state index contributed by atoms with van der Waals surface area (Å²) in [6.07, 6.45) is 23.0. The van der Waals surface area contributed by atoms with Gasteiger partial charge in [-0.3, -0.25) is 4.40 Å². The summed E-state index contributed by atoms with van der Waals surface area (Å²) in [5.41, 5.74) is 16.9. The first-order valence-corrected chi connectivity index (χ1v) is 16.5. The number of benzene rings is 4. The van der Waals surface area contributed by atoms with Crippen LogP contribution in [0.1, 0.15) is 42.4 Å². The fourth-order valence-electron chi connectivity index (χ4n) is 8.36. The highest BCUT2D eigenvalue weighted by Crippen LogP contribution is 2.49. The lowest BCUT2D eigenvalue weighted by Gasteiger charge is -2.22. The number of allylic oxidation sites excluding steroid dienone is 13. The van der Waals surface area contributed by atoms with Crippen molar-refractivity contribution in [1.29, 1.82) is 0 Å². The van der Waals surface area contributed by atoms with Gasteiger partial charge in [-0.15, -0.1) is 0 Å². The average molecular weight is 589 g/mol. The molecule has 6 aromatic rings. The molecule has 218 valence electrons. The lowest BCUT2D eigenvalue weighted by molar-refractivity contribution is 0.759. The molecule has 1 atom stereocenters. The van der Waals surface area contributed by atoms with E-state index in [1.54, 1.807) is 0 Å². The molecular formula is C44H32N2. The van der Waals surface area contributed by atoms with Crippen LogP contribution >= 0.6 is 0 Å². The first-order valence-electron chi connectivity index (χ1n) is 16.5. The van der Waals surface area contributed by atoms with Crippen molar-refractivity contribution < 1.29 is 0 Å². The number of imidazole rings is 1. The number of para-hydroxylation sites is 3. The Bertz CT molecular complexity index is 2520. The number of aromatic nitrogens is 2. The zero-order valence-electron chi connectivity index (χ0n) is 25.6. The van der Waals surface area contributed by atoms with Gasteiger partial charge in [0.1, 0.15) is 5.65 Å². The Morgan fingerprint density at radius 1 is 0.696 bits per heavy atom. The van der Waals surface area contributed by atoms with E-state index >= 15 is 0 Å². The summed E-state index contributed by atoms with van der Waals surface area (Å²) in [5, 5.41) is 3.70. The molecule has 4 aromatic carbocycles. The van der Waals surface area contributed by atoms with Crippen molar-refractivity contribution >= 4 is 49.5 Å². The molecule has 4 aliphatic carbocycles. The van der Waals surface area contributed by atoms with Crippen LogP contribution in [0.3, 0.4) is 0 Å². The molecule has 0 aliphatic heterocycles. The Balaban J connectivity index is 1.28. The van der Waals surface area contributed by atoms with Gasteiger partial charge in [0, 0.05) is 16.7 Å². The molecule has 10 rings (SSSR count). The third kappa shape index (κ3) is 3.80. The van der Waals surface area contributed by atoms with Crippen LogP contribution in [0.5, 0.6) is 0 Å². The number of rotatable bonds is 2. The number of hydrogen-bond donors (Lipinski definition) is 0. The van der Waals surface area contributed by atoms with Crippen molar-refractivity contribution in [2.45, 2.75) is 25.7 Å². The van der Waals surface area contributed by atoms with E-state index in [0.717, 1.165) is 42.4 Å². The maximum atomic E-state index is 5.17. The normalized spacial score (nSPS) is 19.0. The first-order chi connectivity index (χ1) is 22.8. The van der Waals surface area contributed by atoms with Gasteiger partial charge in [-0.2, -0.15) is 0 Å². The predicted octanol–water partition coefficient (Wildman–Crippen LogP) is 11.1. The van der Waals surface area contributed by atoms with Gasteiger partial charge in [0.15, 0.2) is 0 Å². The fraction of sp³-hybridized carbons (Fsp3) is 0.114. The van der Waals surface area contributed by atoms with E-state index in [1.807, 2.05) is 0 Å². The molecule has 4 aliphatic rings. The summed E-state index contributed by atoms with van der Waals surface area (Å²) >= 11 is 0. The minimum Gasteiger partial charge on any atom is -0.292 e. The Morgan fingerprint density at radius 2 is 1.52 bits per heavy atom. The van der Waals surface area contributed by atoms with E-state index in [0.29, 0.717) is 5.92 Å². The van der Waals surface area contributed by atoms with Crippen LogP contribution in [0.4, 0.5) is 0 Å². The monoisotopic (exact) mass is 588 g/mol. The largest absolute Gasteiger partial charge is 0.292 e. The molecule has 2 heteroatoms. The molecule has 0 N–H and O–H groups in total. The molecule has 0 saturated heterocycles. The molecule has 0 fully saturated rings. The summed E-state index contributed by atoms with van der Waals surface area (Å²) in [5.74, 6) is 0.383. The highest BCUT2D eigenvalue weighted by atomic mass is 15.0. The van der Waals surface area contributed by atoms with E-state index < -0.39 is 0 Å². The van der Waals surface area contributed by atoms with Crippen molar-refractivity contribution in [3.8, 4) is 0 Å². The predicted molar refractivity (Wildman–Crippen MR) is 193 cm³/mol. The Labute approximate surface area is 268 Å². The molecule has 0 amide bonds. The smallest absolute Gasteiger partial charge is 0.146 e. The van der Waals surface area contributed by atoms with Crippen molar-refractivity contribution in [2.24, 2.45) is 5.92 Å². The van der Waals surface area contributed by atoms with Crippen LogP contribution in [-0.4, -0.2) is 9.38 Å². The van der Waals surface area contributed by atoms with E-state index in [2.05, 4.69) is 144 Å². The summed E-state index contributed by atoms with van der Waals surface area (Å²) in [7, 11) is 0. The van der Waals surface area contributed by atoms with Gasteiger partial charge in [0.05, 0.1) is 16.6 Å². The Hall–Kier alpha value is -5.47. The van der Waals surface area contributed by atoms with Crippen molar-refractivity contribution in [1.82, 2.24) is 9.38 Å². The standard InChI is InChI=1S/C44H32N2/c1-2-12-28(13-3-1)42-32-24-29-14-4-5-15-30(29)25-33(26-32)43(36-18-7-6-17-35(36)42)31-22-23-37-38(27-31)34-16-8-10-20-40(34)46-41-21-11-9-19-39(41)45-44(37)46/h2,4-24,27,30H,1,3,25-26H2. The maximum Gasteiger partial charge on any atom is 0.146 e. The second kappa shape index (κ2) is 10.0. The van der Waals surface area contributed by atoms with Gasteiger partial charge in [-0.05, 0) is 106 Å². The van der Waals surface area contributed by atoms with Crippen LogP contribution in [0.25, 0.3) is 49.5 Å². The van der Waals surface area contributed by atoms with E-state index in [9.17, 15) is 0 Å². The Morgan fingerprint density at radius 3 is 2.41 bits per heavy atom. The van der Waals surface area contributed by atoms with Crippen LogP contribution in [-0.2, 0) is 0 Å². The lowest BCUT2D eigenvalue weighted by atomic mass is 9.82. The van der Waals surface area contributed by atoms with Crippen LogP contribution in [0, 0.1) is 5.92 Å². The zero-order chi connectivity index (χ0) is 30.2. The molecule has 2 nitrogen and oxygen atoms in total. The summed E-state index contributed by atoms with van der Waals surface area (Å²) < 4.78 is 2.34. The molecule has 2 bridgehead atoms. The minimum atomic E-state index is 0.383. The minimum absolute atomic E-state index is 0.383. The molecule has 0 spiro atoms. The second-order valence-corrected chi connectivity index (χ2v) is 13.0. The van der Waals surface area contributed by atoms with E-state index in [1.165, 1.54) is 71.8 Å². The van der Waals surface area contributed by atoms with Gasteiger partial charge in [0.2, 0.25) is 0 Å². The maximum absolute atomic E-state index is 5.17. The average Bonchev–Trinajstić information content (AvgIpc) is 3.33. The van der Waals surface area contributed by atoms with E-state index in [4.69, 9.17) is 4.98 Å². The zero-order valence-corrected chi connectivity index (χ0v) is 25.6. The molecule has 2 aromatic heterocycles. The summed E-state index contributed by atoms with van der Waals surface area (Å²) in [6.45, 7) is 0. The van der Waals surface area contributed by atoms with Crippen LogP contribution in [0.2, 0.25) is 0 Å². The van der Waals surface area contributed by atoms with Gasteiger partial charge >= 0.3 is 0 Å². The molecule has 0 saturated carbocycles. The number of fused-ring (bicyclic) bond motifs is 12. The third-order valence-corrected chi connectivity index (χ3v) is 10.4. The van der Waals surface area contributed by atoms with Crippen LogP contribution < -0.4 is 0 Å². The second-order valence-electron chi connectivity index (χ2n) is 13.0. The Kier molecular flexibility index (Phi) is 5.62. The highest BCUT2D eigenvalue weighted by Gasteiger charge is 2.30. The van der Waals surface area contributed by atoms with Gasteiger partial charge in [-0.1, -0.05) is 115 Å². The number of hydrogen-bond acceptors (Lipinski definition) is 1.